The molecule has 126 valence electrons. The van der Waals surface area contributed by atoms with Gasteiger partial charge in [-0.1, -0.05) is 36.4 Å². The Kier molecular flexibility index (Phi) is 3.95. The number of piperazine rings is 1. The van der Waals surface area contributed by atoms with Gasteiger partial charge in [0.1, 0.15) is 11.7 Å². The SMILES string of the molecule is O=C(Nc1ccccc1)C1=C2NCCNC2N(c2ccccc2)C1=O. The molecule has 1 fully saturated rings. The van der Waals surface area contributed by atoms with Gasteiger partial charge in [-0.05, 0) is 24.3 Å². The van der Waals surface area contributed by atoms with E-state index in [0.29, 0.717) is 17.9 Å². The first-order valence-electron chi connectivity index (χ1n) is 8.22. The highest BCUT2D eigenvalue weighted by atomic mass is 16.2. The first-order chi connectivity index (χ1) is 12.3. The van der Waals surface area contributed by atoms with Crippen LogP contribution < -0.4 is 20.9 Å². The zero-order chi connectivity index (χ0) is 17.2. The fourth-order valence-corrected chi connectivity index (χ4v) is 3.19. The van der Waals surface area contributed by atoms with E-state index >= 15 is 0 Å². The number of nitrogens with one attached hydrogen (secondary N) is 3. The lowest BCUT2D eigenvalue weighted by atomic mass is 10.1. The van der Waals surface area contributed by atoms with Crippen LogP contribution in [0.3, 0.4) is 0 Å². The van der Waals surface area contributed by atoms with Crippen LogP contribution in [0.15, 0.2) is 71.9 Å². The van der Waals surface area contributed by atoms with Gasteiger partial charge in [-0.2, -0.15) is 0 Å². The van der Waals surface area contributed by atoms with Gasteiger partial charge in [-0.3, -0.25) is 19.8 Å². The summed E-state index contributed by atoms with van der Waals surface area (Å²) >= 11 is 0. The van der Waals surface area contributed by atoms with E-state index in [4.69, 9.17) is 0 Å². The van der Waals surface area contributed by atoms with Crippen molar-refractivity contribution in [1.82, 2.24) is 10.6 Å². The summed E-state index contributed by atoms with van der Waals surface area (Å²) in [5.74, 6) is -0.702. The van der Waals surface area contributed by atoms with E-state index in [9.17, 15) is 9.59 Å². The number of nitrogens with zero attached hydrogens (tertiary/aromatic N) is 1. The molecule has 1 atom stereocenters. The van der Waals surface area contributed by atoms with E-state index in [1.165, 1.54) is 0 Å². The molecule has 0 aromatic heterocycles. The molecule has 0 spiro atoms. The molecular formula is C19H18N4O2. The Morgan fingerprint density at radius 2 is 1.68 bits per heavy atom. The molecule has 1 unspecified atom stereocenters. The van der Waals surface area contributed by atoms with Crippen LogP contribution in [-0.4, -0.2) is 31.1 Å². The lowest BCUT2D eigenvalue weighted by Crippen LogP contribution is -2.53. The van der Waals surface area contributed by atoms with Crippen LogP contribution in [0, 0.1) is 0 Å². The van der Waals surface area contributed by atoms with Crippen molar-refractivity contribution in [2.24, 2.45) is 0 Å². The van der Waals surface area contributed by atoms with Crippen molar-refractivity contribution in [3.63, 3.8) is 0 Å². The largest absolute Gasteiger partial charge is 0.383 e. The Bertz CT molecular complexity index is 833. The molecule has 2 aliphatic rings. The average molecular weight is 334 g/mol. The zero-order valence-electron chi connectivity index (χ0n) is 13.5. The Balaban J connectivity index is 1.68. The number of anilines is 2. The van der Waals surface area contributed by atoms with Gasteiger partial charge in [-0.25, -0.2) is 0 Å². The summed E-state index contributed by atoms with van der Waals surface area (Å²) in [4.78, 5) is 27.4. The smallest absolute Gasteiger partial charge is 0.267 e. The topological polar surface area (TPSA) is 73.5 Å². The second kappa shape index (κ2) is 6.41. The van der Waals surface area contributed by atoms with E-state index in [2.05, 4.69) is 16.0 Å². The summed E-state index contributed by atoms with van der Waals surface area (Å²) in [6, 6.07) is 18.5. The molecule has 1 saturated heterocycles. The second-order valence-corrected chi connectivity index (χ2v) is 5.90. The van der Waals surface area contributed by atoms with Crippen molar-refractivity contribution < 1.29 is 9.59 Å². The minimum absolute atomic E-state index is 0.157. The number of carbonyl (C=O) groups is 2. The van der Waals surface area contributed by atoms with E-state index in [0.717, 1.165) is 12.2 Å². The number of carbonyl (C=O) groups excluding carboxylic acids is 2. The van der Waals surface area contributed by atoms with Crippen LogP contribution in [0.5, 0.6) is 0 Å². The standard InChI is InChI=1S/C19H18N4O2/c24-18(22-13-7-3-1-4-8-13)15-16-17(21-12-11-20-16)23(19(15)25)14-9-5-2-6-10-14/h1-10,17,20-21H,11-12H2,(H,22,24). The van der Waals surface area contributed by atoms with Crippen LogP contribution in [0.4, 0.5) is 11.4 Å². The Labute approximate surface area is 145 Å². The molecule has 4 rings (SSSR count). The Morgan fingerprint density at radius 3 is 2.40 bits per heavy atom. The van der Waals surface area contributed by atoms with Gasteiger partial charge in [-0.15, -0.1) is 0 Å². The Hall–Kier alpha value is -3.12. The number of amides is 2. The summed E-state index contributed by atoms with van der Waals surface area (Å²) in [6.07, 6.45) is -0.347. The molecule has 6 heteroatoms. The predicted octanol–water partition coefficient (Wildman–Crippen LogP) is 1.44. The second-order valence-electron chi connectivity index (χ2n) is 5.90. The molecule has 0 aliphatic carbocycles. The molecule has 0 radical (unpaired) electrons. The molecule has 2 aromatic carbocycles. The van der Waals surface area contributed by atoms with Crippen molar-refractivity contribution in [2.45, 2.75) is 6.17 Å². The number of fused-ring (bicyclic) bond motifs is 1. The van der Waals surface area contributed by atoms with Crippen molar-refractivity contribution in [1.29, 1.82) is 0 Å². The minimum atomic E-state index is -0.397. The number of hydrogen-bond acceptors (Lipinski definition) is 4. The quantitative estimate of drug-likeness (QED) is 0.743. The summed E-state index contributed by atoms with van der Waals surface area (Å²) < 4.78 is 0. The maximum atomic E-state index is 13.0. The van der Waals surface area contributed by atoms with Gasteiger partial charge in [0.2, 0.25) is 0 Å². The predicted molar refractivity (Wildman–Crippen MR) is 95.8 cm³/mol. The molecule has 3 N–H and O–H groups in total. The van der Waals surface area contributed by atoms with Crippen LogP contribution in [0.2, 0.25) is 0 Å². The van der Waals surface area contributed by atoms with E-state index < -0.39 is 5.91 Å². The van der Waals surface area contributed by atoms with Crippen molar-refractivity contribution >= 4 is 23.2 Å². The number of para-hydroxylation sites is 2. The number of rotatable bonds is 3. The third kappa shape index (κ3) is 2.77. The fraction of sp³-hybridized carbons (Fsp3) is 0.158. The van der Waals surface area contributed by atoms with Crippen molar-refractivity contribution in [2.75, 3.05) is 23.3 Å². The molecule has 2 amide bonds. The maximum Gasteiger partial charge on any atom is 0.267 e. The first kappa shape index (κ1) is 15.4. The molecule has 0 bridgehead atoms. The fourth-order valence-electron chi connectivity index (χ4n) is 3.19. The lowest BCUT2D eigenvalue weighted by molar-refractivity contribution is -0.119. The third-order valence-corrected chi connectivity index (χ3v) is 4.30. The molecule has 2 aromatic rings. The molecule has 25 heavy (non-hydrogen) atoms. The molecule has 0 saturated carbocycles. The van der Waals surface area contributed by atoms with Gasteiger partial charge in [0.05, 0.1) is 5.70 Å². The highest BCUT2D eigenvalue weighted by Crippen LogP contribution is 2.30. The van der Waals surface area contributed by atoms with E-state index in [1.54, 1.807) is 17.0 Å². The summed E-state index contributed by atoms with van der Waals surface area (Å²) in [6.45, 7) is 1.39. The maximum absolute atomic E-state index is 13.0. The van der Waals surface area contributed by atoms with E-state index in [1.807, 2.05) is 48.5 Å². The number of benzene rings is 2. The van der Waals surface area contributed by atoms with Crippen LogP contribution in [-0.2, 0) is 9.59 Å². The zero-order valence-corrected chi connectivity index (χ0v) is 13.5. The van der Waals surface area contributed by atoms with Crippen LogP contribution >= 0.6 is 0 Å². The number of hydrogen-bond donors (Lipinski definition) is 3. The lowest BCUT2D eigenvalue weighted by Gasteiger charge is -2.31. The normalized spacial score (nSPS) is 19.4. The molecule has 2 aliphatic heterocycles. The monoisotopic (exact) mass is 334 g/mol. The summed E-state index contributed by atoms with van der Waals surface area (Å²) in [5, 5.41) is 9.34. The van der Waals surface area contributed by atoms with Crippen molar-refractivity contribution in [3.8, 4) is 0 Å². The minimum Gasteiger partial charge on any atom is -0.383 e. The first-order valence-corrected chi connectivity index (χ1v) is 8.22. The van der Waals surface area contributed by atoms with Crippen molar-refractivity contribution in [3.05, 3.63) is 71.9 Å². The summed E-state index contributed by atoms with van der Waals surface area (Å²) in [7, 11) is 0. The highest BCUT2D eigenvalue weighted by molar-refractivity contribution is 6.29. The van der Waals surface area contributed by atoms with Crippen LogP contribution in [0.25, 0.3) is 0 Å². The average Bonchev–Trinajstić information content (AvgIpc) is 2.95. The molecule has 6 nitrogen and oxygen atoms in total. The Morgan fingerprint density at radius 1 is 1.00 bits per heavy atom. The van der Waals surface area contributed by atoms with E-state index in [-0.39, 0.29) is 17.6 Å². The molecule has 2 heterocycles. The molecular weight excluding hydrogens is 316 g/mol. The summed E-state index contributed by atoms with van der Waals surface area (Å²) in [5.41, 5.74) is 2.21. The van der Waals surface area contributed by atoms with Gasteiger partial charge >= 0.3 is 0 Å². The van der Waals surface area contributed by atoms with Gasteiger partial charge in [0.25, 0.3) is 11.8 Å². The van der Waals surface area contributed by atoms with Gasteiger partial charge in [0.15, 0.2) is 0 Å². The highest BCUT2D eigenvalue weighted by Gasteiger charge is 2.44. The van der Waals surface area contributed by atoms with Crippen LogP contribution in [0.1, 0.15) is 0 Å². The van der Waals surface area contributed by atoms with Gasteiger partial charge in [0, 0.05) is 24.5 Å². The third-order valence-electron chi connectivity index (χ3n) is 4.30. The van der Waals surface area contributed by atoms with Gasteiger partial charge < -0.3 is 10.6 Å².